The van der Waals surface area contributed by atoms with Crippen LogP contribution in [0.5, 0.6) is 0 Å². The Morgan fingerprint density at radius 3 is 2.11 bits per heavy atom. The molecular formula is C15H22O3S. The molecule has 2 rings (SSSR count). The van der Waals surface area contributed by atoms with Crippen molar-refractivity contribution in [2.24, 2.45) is 0 Å². The summed E-state index contributed by atoms with van der Waals surface area (Å²) in [5.41, 5.74) is 1.14. The van der Waals surface area contributed by atoms with Crippen molar-refractivity contribution in [3.05, 3.63) is 29.8 Å². The summed E-state index contributed by atoms with van der Waals surface area (Å²) in [5, 5.41) is 9.07. The number of aliphatic hydroxyl groups excluding tert-OH is 1. The third-order valence-corrected chi connectivity index (χ3v) is 6.08. The number of sulfone groups is 1. The van der Waals surface area contributed by atoms with Gasteiger partial charge in [0, 0.05) is 0 Å². The maximum absolute atomic E-state index is 12.4. The Hall–Kier alpha value is -0.870. The SMILES string of the molecule is CC(C)(C)c1ccc(S(=O)(=O)C2CCC(O)C2)cc1. The Morgan fingerprint density at radius 1 is 1.11 bits per heavy atom. The number of benzene rings is 1. The second-order valence-corrected chi connectivity index (χ2v) is 8.64. The lowest BCUT2D eigenvalue weighted by Crippen LogP contribution is -2.19. The number of aliphatic hydroxyl groups is 1. The normalized spacial score (nSPS) is 24.6. The summed E-state index contributed by atoms with van der Waals surface area (Å²) in [7, 11) is -3.29. The number of rotatable bonds is 2. The molecule has 0 heterocycles. The van der Waals surface area contributed by atoms with Gasteiger partial charge in [-0.15, -0.1) is 0 Å². The molecule has 4 heteroatoms. The topological polar surface area (TPSA) is 54.4 Å². The number of hydrogen-bond donors (Lipinski definition) is 1. The van der Waals surface area contributed by atoms with E-state index in [-0.39, 0.29) is 5.41 Å². The van der Waals surface area contributed by atoms with E-state index in [9.17, 15) is 13.5 Å². The van der Waals surface area contributed by atoms with Gasteiger partial charge in [-0.3, -0.25) is 0 Å². The highest BCUT2D eigenvalue weighted by atomic mass is 32.2. The van der Waals surface area contributed by atoms with Crippen molar-refractivity contribution in [3.8, 4) is 0 Å². The molecule has 0 bridgehead atoms. The summed E-state index contributed by atoms with van der Waals surface area (Å²) in [6.07, 6.45) is 1.05. The summed E-state index contributed by atoms with van der Waals surface area (Å²) in [4.78, 5) is 0.375. The third-order valence-electron chi connectivity index (χ3n) is 3.84. The Morgan fingerprint density at radius 2 is 1.68 bits per heavy atom. The molecule has 0 aliphatic heterocycles. The Kier molecular flexibility index (Phi) is 3.76. The lowest BCUT2D eigenvalue weighted by Gasteiger charge is -2.19. The molecule has 106 valence electrons. The highest BCUT2D eigenvalue weighted by Crippen LogP contribution is 2.31. The molecule has 1 fully saturated rings. The standard InChI is InChI=1S/C15H22O3S/c1-15(2,3)11-4-7-13(8-5-11)19(17,18)14-9-6-12(16)10-14/h4-5,7-8,12,14,16H,6,9-10H2,1-3H3. The van der Waals surface area contributed by atoms with Gasteiger partial charge >= 0.3 is 0 Å². The highest BCUT2D eigenvalue weighted by molar-refractivity contribution is 7.92. The van der Waals surface area contributed by atoms with E-state index in [4.69, 9.17) is 0 Å². The molecule has 0 amide bonds. The molecule has 2 unspecified atom stereocenters. The van der Waals surface area contributed by atoms with Crippen molar-refractivity contribution in [1.82, 2.24) is 0 Å². The van der Waals surface area contributed by atoms with E-state index >= 15 is 0 Å². The van der Waals surface area contributed by atoms with E-state index in [0.717, 1.165) is 5.56 Å². The zero-order chi connectivity index (χ0) is 14.3. The van der Waals surface area contributed by atoms with Crippen LogP contribution in [0.4, 0.5) is 0 Å². The molecule has 1 aromatic rings. The van der Waals surface area contributed by atoms with Gasteiger partial charge in [0.2, 0.25) is 0 Å². The summed E-state index contributed by atoms with van der Waals surface area (Å²) in [6.45, 7) is 6.30. The van der Waals surface area contributed by atoms with Crippen molar-refractivity contribution < 1.29 is 13.5 Å². The molecule has 0 radical (unpaired) electrons. The molecule has 2 atom stereocenters. The van der Waals surface area contributed by atoms with E-state index in [1.807, 2.05) is 12.1 Å². The molecule has 0 aromatic heterocycles. The Bertz CT molecular complexity index is 538. The van der Waals surface area contributed by atoms with E-state index < -0.39 is 21.2 Å². The van der Waals surface area contributed by atoms with E-state index in [0.29, 0.717) is 24.2 Å². The number of hydrogen-bond acceptors (Lipinski definition) is 3. The first kappa shape index (κ1) is 14.5. The first-order valence-electron chi connectivity index (χ1n) is 6.74. The van der Waals surface area contributed by atoms with Gasteiger partial charge in [-0.1, -0.05) is 32.9 Å². The quantitative estimate of drug-likeness (QED) is 0.907. The van der Waals surface area contributed by atoms with Gasteiger partial charge in [-0.2, -0.15) is 0 Å². The van der Waals surface area contributed by atoms with Crippen LogP contribution in [0.1, 0.15) is 45.6 Å². The van der Waals surface area contributed by atoms with Gasteiger partial charge in [0.05, 0.1) is 16.2 Å². The highest BCUT2D eigenvalue weighted by Gasteiger charge is 2.34. The minimum Gasteiger partial charge on any atom is -0.393 e. The second-order valence-electron chi connectivity index (χ2n) is 6.41. The van der Waals surface area contributed by atoms with Crippen LogP contribution in [0.3, 0.4) is 0 Å². The monoisotopic (exact) mass is 282 g/mol. The minimum absolute atomic E-state index is 0.0197. The fourth-order valence-corrected chi connectivity index (χ4v) is 4.36. The van der Waals surface area contributed by atoms with Gasteiger partial charge in [0.1, 0.15) is 0 Å². The molecule has 0 saturated heterocycles. The molecule has 19 heavy (non-hydrogen) atoms. The van der Waals surface area contributed by atoms with E-state index in [1.54, 1.807) is 12.1 Å². The van der Waals surface area contributed by atoms with E-state index in [1.165, 1.54) is 0 Å². The fourth-order valence-electron chi connectivity index (χ4n) is 2.54. The minimum atomic E-state index is -3.29. The molecule has 1 aromatic carbocycles. The lowest BCUT2D eigenvalue weighted by molar-refractivity contribution is 0.183. The predicted octanol–water partition coefficient (Wildman–Crippen LogP) is 2.67. The zero-order valence-electron chi connectivity index (χ0n) is 11.8. The van der Waals surface area contributed by atoms with Crippen LogP contribution in [0.25, 0.3) is 0 Å². The Balaban J connectivity index is 2.27. The first-order valence-corrected chi connectivity index (χ1v) is 8.28. The van der Waals surface area contributed by atoms with Crippen LogP contribution in [0, 0.1) is 0 Å². The van der Waals surface area contributed by atoms with Gasteiger partial charge < -0.3 is 5.11 Å². The summed E-state index contributed by atoms with van der Waals surface area (Å²) < 4.78 is 24.9. The summed E-state index contributed by atoms with van der Waals surface area (Å²) in [5.74, 6) is 0. The molecule has 1 aliphatic carbocycles. The summed E-state index contributed by atoms with van der Waals surface area (Å²) >= 11 is 0. The average molecular weight is 282 g/mol. The van der Waals surface area contributed by atoms with Gasteiger partial charge in [0.15, 0.2) is 9.84 Å². The maximum atomic E-state index is 12.4. The maximum Gasteiger partial charge on any atom is 0.181 e. The Labute approximate surface area is 115 Å². The molecular weight excluding hydrogens is 260 g/mol. The van der Waals surface area contributed by atoms with Crippen molar-refractivity contribution in [2.45, 2.75) is 61.7 Å². The predicted molar refractivity (Wildman–Crippen MR) is 76.0 cm³/mol. The van der Waals surface area contributed by atoms with Gasteiger partial charge in [-0.05, 0) is 42.4 Å². The van der Waals surface area contributed by atoms with Crippen LogP contribution in [0.15, 0.2) is 29.2 Å². The van der Waals surface area contributed by atoms with Gasteiger partial charge in [0.25, 0.3) is 0 Å². The van der Waals surface area contributed by atoms with Crippen molar-refractivity contribution >= 4 is 9.84 Å². The molecule has 1 saturated carbocycles. The van der Waals surface area contributed by atoms with Gasteiger partial charge in [-0.25, -0.2) is 8.42 Å². The van der Waals surface area contributed by atoms with Crippen LogP contribution in [0.2, 0.25) is 0 Å². The van der Waals surface area contributed by atoms with Crippen LogP contribution >= 0.6 is 0 Å². The lowest BCUT2D eigenvalue weighted by atomic mass is 9.87. The fraction of sp³-hybridized carbons (Fsp3) is 0.600. The third kappa shape index (κ3) is 3.00. The average Bonchev–Trinajstić information content (AvgIpc) is 2.76. The van der Waals surface area contributed by atoms with Crippen molar-refractivity contribution in [1.29, 1.82) is 0 Å². The van der Waals surface area contributed by atoms with Crippen LogP contribution < -0.4 is 0 Å². The molecule has 0 spiro atoms. The van der Waals surface area contributed by atoms with E-state index in [2.05, 4.69) is 20.8 Å². The summed E-state index contributed by atoms with van der Waals surface area (Å²) in [6, 6.07) is 7.16. The second kappa shape index (κ2) is 4.91. The van der Waals surface area contributed by atoms with Crippen LogP contribution in [-0.4, -0.2) is 24.9 Å². The zero-order valence-corrected chi connectivity index (χ0v) is 12.6. The molecule has 3 nitrogen and oxygen atoms in total. The largest absolute Gasteiger partial charge is 0.393 e. The first-order chi connectivity index (χ1) is 8.71. The molecule has 1 N–H and O–H groups in total. The van der Waals surface area contributed by atoms with Crippen molar-refractivity contribution in [3.63, 3.8) is 0 Å². The smallest absolute Gasteiger partial charge is 0.181 e. The van der Waals surface area contributed by atoms with Crippen LogP contribution in [-0.2, 0) is 15.3 Å². The molecule has 1 aliphatic rings. The van der Waals surface area contributed by atoms with Crippen molar-refractivity contribution in [2.75, 3.05) is 0 Å².